The van der Waals surface area contributed by atoms with Crippen molar-refractivity contribution < 1.29 is 22.8 Å². The Morgan fingerprint density at radius 3 is 2.46 bits per heavy atom. The lowest BCUT2D eigenvalue weighted by Gasteiger charge is -2.26. The van der Waals surface area contributed by atoms with Gasteiger partial charge in [-0.1, -0.05) is 29.3 Å². The highest BCUT2D eigenvalue weighted by Gasteiger charge is 2.31. The Bertz CT molecular complexity index is 1370. The van der Waals surface area contributed by atoms with Gasteiger partial charge in [-0.05, 0) is 42.2 Å². The summed E-state index contributed by atoms with van der Waals surface area (Å²) in [5, 5.41) is 6.05. The third kappa shape index (κ3) is 5.80. The van der Waals surface area contributed by atoms with Gasteiger partial charge in [0.15, 0.2) is 15.6 Å². The SMILES string of the molecule is C/C(=N\NC(=O)c1ccc(C(=O)N2CCS(=O)(=O)CC2)s1)C1=CSC(c2ccc(Cl)c(Cl)c2)C1=O. The zero-order valence-corrected chi connectivity index (χ0v) is 22.2. The van der Waals surface area contributed by atoms with Gasteiger partial charge in [0, 0.05) is 18.7 Å². The van der Waals surface area contributed by atoms with Gasteiger partial charge in [0.1, 0.15) is 0 Å². The molecule has 1 saturated heterocycles. The molecule has 1 fully saturated rings. The maximum atomic E-state index is 12.9. The molecular weight excluding hydrogens is 553 g/mol. The fourth-order valence-corrected chi connectivity index (χ4v) is 6.95. The number of allylic oxidation sites excluding steroid dienone is 1. The van der Waals surface area contributed by atoms with Crippen LogP contribution < -0.4 is 5.43 Å². The number of carbonyl (C=O) groups is 3. The number of sulfone groups is 1. The van der Waals surface area contributed by atoms with Crippen LogP contribution in [0.4, 0.5) is 0 Å². The highest BCUT2D eigenvalue weighted by atomic mass is 35.5. The Morgan fingerprint density at radius 1 is 1.09 bits per heavy atom. The van der Waals surface area contributed by atoms with E-state index in [4.69, 9.17) is 23.2 Å². The minimum absolute atomic E-state index is 0.0653. The van der Waals surface area contributed by atoms with Gasteiger partial charge in [-0.15, -0.1) is 23.1 Å². The number of hydrazone groups is 1. The molecule has 13 heteroatoms. The molecule has 35 heavy (non-hydrogen) atoms. The first-order valence-corrected chi connectivity index (χ1v) is 14.7. The average molecular weight is 573 g/mol. The largest absolute Gasteiger partial charge is 0.336 e. The summed E-state index contributed by atoms with van der Waals surface area (Å²) < 4.78 is 23.1. The first-order chi connectivity index (χ1) is 16.6. The van der Waals surface area contributed by atoms with E-state index in [2.05, 4.69) is 10.5 Å². The van der Waals surface area contributed by atoms with Crippen LogP contribution in [0.1, 0.15) is 37.1 Å². The van der Waals surface area contributed by atoms with Gasteiger partial charge in [0.25, 0.3) is 11.8 Å². The Balaban J connectivity index is 1.37. The number of thioether (sulfide) groups is 1. The number of hydrogen-bond donors (Lipinski definition) is 1. The van der Waals surface area contributed by atoms with Gasteiger partial charge in [-0.3, -0.25) is 14.4 Å². The first-order valence-electron chi connectivity index (χ1n) is 10.3. The first kappa shape index (κ1) is 25.9. The molecule has 1 aromatic heterocycles. The lowest BCUT2D eigenvalue weighted by atomic mass is 10.0. The topological polar surface area (TPSA) is 113 Å². The molecular formula is C22H19Cl2N3O5S3. The zero-order chi connectivity index (χ0) is 25.3. The number of nitrogens with zero attached hydrogens (tertiary/aromatic N) is 2. The Labute approximate surface area is 220 Å². The van der Waals surface area contributed by atoms with E-state index in [1.807, 2.05) is 0 Å². The maximum absolute atomic E-state index is 12.9. The van der Waals surface area contributed by atoms with Crippen LogP contribution in [-0.4, -0.2) is 61.2 Å². The summed E-state index contributed by atoms with van der Waals surface area (Å²) in [6.07, 6.45) is 0. The minimum Gasteiger partial charge on any atom is -0.336 e. The molecule has 4 rings (SSSR count). The molecule has 1 N–H and O–H groups in total. The Morgan fingerprint density at radius 2 is 1.77 bits per heavy atom. The predicted molar refractivity (Wildman–Crippen MR) is 139 cm³/mol. The number of halogens is 2. The van der Waals surface area contributed by atoms with Crippen molar-refractivity contribution in [2.75, 3.05) is 24.6 Å². The summed E-state index contributed by atoms with van der Waals surface area (Å²) in [6.45, 7) is 1.89. The van der Waals surface area contributed by atoms with Crippen LogP contribution in [0.15, 0.2) is 46.4 Å². The Kier molecular flexibility index (Phi) is 7.72. The molecule has 2 aromatic rings. The van der Waals surface area contributed by atoms with Gasteiger partial charge in [-0.25, -0.2) is 13.8 Å². The number of thiophene rings is 1. The molecule has 0 radical (unpaired) electrons. The maximum Gasteiger partial charge on any atom is 0.281 e. The van der Waals surface area contributed by atoms with Gasteiger partial charge in [-0.2, -0.15) is 5.10 Å². The molecule has 0 bridgehead atoms. The smallest absolute Gasteiger partial charge is 0.281 e. The molecule has 3 heterocycles. The van der Waals surface area contributed by atoms with Crippen molar-refractivity contribution in [2.24, 2.45) is 5.10 Å². The van der Waals surface area contributed by atoms with Crippen molar-refractivity contribution in [1.29, 1.82) is 0 Å². The normalized spacial score (nSPS) is 20.0. The number of carbonyl (C=O) groups excluding carboxylic acids is 3. The highest BCUT2D eigenvalue weighted by Crippen LogP contribution is 2.41. The van der Waals surface area contributed by atoms with Crippen LogP contribution in [0, 0.1) is 0 Å². The third-order valence-electron chi connectivity index (χ3n) is 5.46. The summed E-state index contributed by atoms with van der Waals surface area (Å²) in [5.41, 5.74) is 3.88. The van der Waals surface area contributed by atoms with Crippen molar-refractivity contribution in [3.05, 3.63) is 66.7 Å². The van der Waals surface area contributed by atoms with E-state index < -0.39 is 21.0 Å². The van der Waals surface area contributed by atoms with Gasteiger partial charge in [0.05, 0.1) is 42.3 Å². The molecule has 184 valence electrons. The van der Waals surface area contributed by atoms with Crippen molar-refractivity contribution in [1.82, 2.24) is 10.3 Å². The molecule has 0 aliphatic carbocycles. The molecule has 2 amide bonds. The zero-order valence-electron chi connectivity index (χ0n) is 18.3. The van der Waals surface area contributed by atoms with Crippen molar-refractivity contribution in [2.45, 2.75) is 12.2 Å². The molecule has 2 aliphatic heterocycles. The predicted octanol–water partition coefficient (Wildman–Crippen LogP) is 3.97. The van der Waals surface area contributed by atoms with Crippen molar-refractivity contribution >= 4 is 79.4 Å². The number of benzene rings is 1. The second kappa shape index (κ2) is 10.4. The van der Waals surface area contributed by atoms with E-state index >= 15 is 0 Å². The van der Waals surface area contributed by atoms with Crippen molar-refractivity contribution in [3.63, 3.8) is 0 Å². The van der Waals surface area contributed by atoms with Crippen LogP contribution >= 0.6 is 46.3 Å². The molecule has 0 spiro atoms. The number of Topliss-reactive ketones (excluding diaryl/α,β-unsaturated/α-hetero) is 1. The van der Waals surface area contributed by atoms with Crippen LogP contribution in [0.25, 0.3) is 0 Å². The van der Waals surface area contributed by atoms with Crippen LogP contribution in [0.3, 0.4) is 0 Å². The average Bonchev–Trinajstić information content (AvgIpc) is 3.46. The monoisotopic (exact) mass is 571 g/mol. The second-order valence-electron chi connectivity index (χ2n) is 7.83. The summed E-state index contributed by atoms with van der Waals surface area (Å²) in [5.74, 6) is -1.12. The van der Waals surface area contributed by atoms with E-state index in [1.165, 1.54) is 28.8 Å². The van der Waals surface area contributed by atoms with E-state index in [0.29, 0.717) is 26.2 Å². The van der Waals surface area contributed by atoms with Gasteiger partial charge in [0.2, 0.25) is 0 Å². The quantitative estimate of drug-likeness (QED) is 0.429. The van der Waals surface area contributed by atoms with Crippen LogP contribution in [0.5, 0.6) is 0 Å². The summed E-state index contributed by atoms with van der Waals surface area (Å²) in [4.78, 5) is 40.1. The summed E-state index contributed by atoms with van der Waals surface area (Å²) >= 11 is 14.3. The second-order valence-corrected chi connectivity index (χ2v) is 13.0. The molecule has 1 atom stereocenters. The fraction of sp³-hybridized carbons (Fsp3) is 0.273. The number of nitrogens with one attached hydrogen (secondary N) is 1. The summed E-state index contributed by atoms with van der Waals surface area (Å²) in [7, 11) is -3.10. The van der Waals surface area contributed by atoms with E-state index in [1.54, 1.807) is 30.5 Å². The standard InChI is InChI=1S/C22H19Cl2N3O5S3/c1-12(14-11-33-20(19(14)28)13-2-3-15(23)16(24)10-13)25-26-21(29)17-4-5-18(34-17)22(30)27-6-8-35(31,32)9-7-27/h2-5,10-11,20H,6-9H2,1H3,(H,26,29)/b25-12+. The number of ketones is 1. The number of rotatable bonds is 5. The highest BCUT2D eigenvalue weighted by molar-refractivity contribution is 8.03. The van der Waals surface area contributed by atoms with Gasteiger partial charge < -0.3 is 4.90 Å². The molecule has 1 aromatic carbocycles. The van der Waals surface area contributed by atoms with E-state index in [0.717, 1.165) is 16.9 Å². The van der Waals surface area contributed by atoms with Crippen molar-refractivity contribution in [3.8, 4) is 0 Å². The van der Waals surface area contributed by atoms with Gasteiger partial charge >= 0.3 is 0 Å². The lowest BCUT2D eigenvalue weighted by molar-refractivity contribution is -0.114. The number of hydrogen-bond acceptors (Lipinski definition) is 8. The molecule has 8 nitrogen and oxygen atoms in total. The lowest BCUT2D eigenvalue weighted by Crippen LogP contribution is -2.43. The molecule has 1 unspecified atom stereocenters. The molecule has 0 saturated carbocycles. The number of amides is 2. The molecule has 2 aliphatic rings. The third-order valence-corrected chi connectivity index (χ3v) is 10.0. The van der Waals surface area contributed by atoms with E-state index in [9.17, 15) is 22.8 Å². The van der Waals surface area contributed by atoms with Crippen LogP contribution in [-0.2, 0) is 14.6 Å². The minimum atomic E-state index is -3.10. The van der Waals surface area contributed by atoms with Crippen LogP contribution in [0.2, 0.25) is 10.0 Å². The fourth-order valence-electron chi connectivity index (χ4n) is 3.46. The summed E-state index contributed by atoms with van der Waals surface area (Å²) in [6, 6.07) is 8.08. The van der Waals surface area contributed by atoms with E-state index in [-0.39, 0.29) is 41.2 Å². The Hall–Kier alpha value is -2.18.